The molecule has 0 bridgehead atoms. The predicted octanol–water partition coefficient (Wildman–Crippen LogP) is 2.85. The van der Waals surface area contributed by atoms with Gasteiger partial charge in [-0.1, -0.05) is 18.2 Å². The number of hydrogen-bond donors (Lipinski definition) is 0. The summed E-state index contributed by atoms with van der Waals surface area (Å²) < 4.78 is 5.34. The van der Waals surface area contributed by atoms with E-state index in [4.69, 9.17) is 4.74 Å². The SMILES string of the molecule is CC(=O)c1ccc(OC(=O)[C@@H]2CC(=O)N(c3ccccc3)C2)cc1. The molecule has 5 heteroatoms. The number of esters is 1. The fraction of sp³-hybridized carbons (Fsp3) is 0.211. The van der Waals surface area contributed by atoms with Gasteiger partial charge in [0.15, 0.2) is 5.78 Å². The van der Waals surface area contributed by atoms with E-state index in [0.717, 1.165) is 5.69 Å². The van der Waals surface area contributed by atoms with Gasteiger partial charge < -0.3 is 9.64 Å². The summed E-state index contributed by atoms with van der Waals surface area (Å²) in [7, 11) is 0. The minimum absolute atomic E-state index is 0.0484. The molecule has 3 rings (SSSR count). The van der Waals surface area contributed by atoms with Crippen LogP contribution in [-0.2, 0) is 9.59 Å². The lowest BCUT2D eigenvalue weighted by Crippen LogP contribution is -2.27. The molecule has 1 atom stereocenters. The highest BCUT2D eigenvalue weighted by Crippen LogP contribution is 2.26. The summed E-state index contributed by atoms with van der Waals surface area (Å²) in [5, 5.41) is 0. The third-order valence-electron chi connectivity index (χ3n) is 4.01. The summed E-state index contributed by atoms with van der Waals surface area (Å²) in [6.07, 6.45) is 0.138. The van der Waals surface area contributed by atoms with E-state index in [1.54, 1.807) is 29.2 Å². The summed E-state index contributed by atoms with van der Waals surface area (Å²) in [6, 6.07) is 15.6. The normalized spacial score (nSPS) is 17.0. The van der Waals surface area contributed by atoms with Crippen LogP contribution in [0.3, 0.4) is 0 Å². The largest absolute Gasteiger partial charge is 0.426 e. The van der Waals surface area contributed by atoms with Crippen molar-refractivity contribution in [2.24, 2.45) is 5.92 Å². The van der Waals surface area contributed by atoms with Crippen LogP contribution in [0.25, 0.3) is 0 Å². The first-order chi connectivity index (χ1) is 11.5. The van der Waals surface area contributed by atoms with E-state index < -0.39 is 11.9 Å². The van der Waals surface area contributed by atoms with Gasteiger partial charge in [0.25, 0.3) is 0 Å². The number of Topliss-reactive ketones (excluding diaryl/α,β-unsaturated/α-hetero) is 1. The van der Waals surface area contributed by atoms with Crippen LogP contribution in [0.4, 0.5) is 5.69 Å². The van der Waals surface area contributed by atoms with E-state index in [1.165, 1.54) is 6.92 Å². The van der Waals surface area contributed by atoms with Crippen molar-refractivity contribution in [3.63, 3.8) is 0 Å². The average molecular weight is 323 g/mol. The fourth-order valence-electron chi connectivity index (χ4n) is 2.68. The monoisotopic (exact) mass is 323 g/mol. The van der Waals surface area contributed by atoms with Gasteiger partial charge in [-0.2, -0.15) is 0 Å². The van der Waals surface area contributed by atoms with Crippen LogP contribution in [0.1, 0.15) is 23.7 Å². The quantitative estimate of drug-likeness (QED) is 0.493. The molecular weight excluding hydrogens is 306 g/mol. The Morgan fingerprint density at radius 1 is 1.04 bits per heavy atom. The minimum Gasteiger partial charge on any atom is -0.426 e. The molecule has 122 valence electrons. The molecule has 1 heterocycles. The summed E-state index contributed by atoms with van der Waals surface area (Å²) in [6.45, 7) is 1.79. The molecule has 0 saturated carbocycles. The lowest BCUT2D eigenvalue weighted by Gasteiger charge is -2.16. The zero-order valence-electron chi connectivity index (χ0n) is 13.3. The van der Waals surface area contributed by atoms with Crippen molar-refractivity contribution in [3.8, 4) is 5.75 Å². The predicted molar refractivity (Wildman–Crippen MR) is 89.0 cm³/mol. The van der Waals surface area contributed by atoms with E-state index in [1.807, 2.05) is 30.3 Å². The smallest absolute Gasteiger partial charge is 0.316 e. The molecule has 0 spiro atoms. The standard InChI is InChI=1S/C19H17NO4/c1-13(21)14-7-9-17(10-8-14)24-19(23)15-11-18(22)20(12-15)16-5-3-2-4-6-16/h2-10,15H,11-12H2,1H3/t15-/m1/s1. The van der Waals surface area contributed by atoms with Gasteiger partial charge in [-0.25, -0.2) is 0 Å². The van der Waals surface area contributed by atoms with Crippen LogP contribution >= 0.6 is 0 Å². The van der Waals surface area contributed by atoms with Gasteiger partial charge in [-0.3, -0.25) is 14.4 Å². The number of carbonyl (C=O) groups excluding carboxylic acids is 3. The molecule has 0 aliphatic carbocycles. The third-order valence-corrected chi connectivity index (χ3v) is 4.01. The van der Waals surface area contributed by atoms with Gasteiger partial charge in [0, 0.05) is 24.2 Å². The van der Waals surface area contributed by atoms with Crippen LogP contribution in [-0.4, -0.2) is 24.2 Å². The number of anilines is 1. The Kier molecular flexibility index (Phi) is 4.42. The van der Waals surface area contributed by atoms with E-state index in [-0.39, 0.29) is 18.1 Å². The van der Waals surface area contributed by atoms with Crippen LogP contribution in [0.15, 0.2) is 54.6 Å². The van der Waals surface area contributed by atoms with Crippen molar-refractivity contribution < 1.29 is 19.1 Å². The van der Waals surface area contributed by atoms with E-state index in [0.29, 0.717) is 17.9 Å². The van der Waals surface area contributed by atoms with Crippen LogP contribution < -0.4 is 9.64 Å². The lowest BCUT2D eigenvalue weighted by molar-refractivity contribution is -0.139. The minimum atomic E-state index is -0.495. The van der Waals surface area contributed by atoms with Crippen molar-refractivity contribution in [1.29, 1.82) is 0 Å². The van der Waals surface area contributed by atoms with Crippen LogP contribution in [0.2, 0.25) is 0 Å². The first-order valence-corrected chi connectivity index (χ1v) is 7.72. The van der Waals surface area contributed by atoms with Crippen LogP contribution in [0.5, 0.6) is 5.75 Å². The van der Waals surface area contributed by atoms with Gasteiger partial charge in [0.1, 0.15) is 5.75 Å². The fourth-order valence-corrected chi connectivity index (χ4v) is 2.68. The number of amides is 1. The van der Waals surface area contributed by atoms with Crippen molar-refractivity contribution in [3.05, 3.63) is 60.2 Å². The topological polar surface area (TPSA) is 63.7 Å². The zero-order chi connectivity index (χ0) is 17.1. The Bertz CT molecular complexity index is 768. The number of rotatable bonds is 4. The van der Waals surface area contributed by atoms with Gasteiger partial charge >= 0.3 is 5.97 Å². The summed E-state index contributed by atoms with van der Waals surface area (Å²) >= 11 is 0. The maximum Gasteiger partial charge on any atom is 0.316 e. The van der Waals surface area contributed by atoms with Crippen molar-refractivity contribution in [2.75, 3.05) is 11.4 Å². The molecule has 1 aliphatic rings. The van der Waals surface area contributed by atoms with Gasteiger partial charge in [-0.15, -0.1) is 0 Å². The summed E-state index contributed by atoms with van der Waals surface area (Å²) in [4.78, 5) is 37.3. The van der Waals surface area contributed by atoms with Crippen LogP contribution in [0, 0.1) is 5.92 Å². The molecule has 0 aromatic heterocycles. The maximum atomic E-state index is 12.3. The number of ether oxygens (including phenoxy) is 1. The molecular formula is C19H17NO4. The van der Waals surface area contributed by atoms with Crippen molar-refractivity contribution >= 4 is 23.3 Å². The molecule has 0 radical (unpaired) electrons. The van der Waals surface area contributed by atoms with Crippen molar-refractivity contribution in [1.82, 2.24) is 0 Å². The maximum absolute atomic E-state index is 12.3. The van der Waals surface area contributed by atoms with E-state index in [9.17, 15) is 14.4 Å². The lowest BCUT2D eigenvalue weighted by atomic mass is 10.1. The molecule has 1 amide bonds. The highest BCUT2D eigenvalue weighted by Gasteiger charge is 2.36. The second-order valence-corrected chi connectivity index (χ2v) is 5.74. The molecule has 5 nitrogen and oxygen atoms in total. The van der Waals surface area contributed by atoms with Crippen molar-refractivity contribution in [2.45, 2.75) is 13.3 Å². The van der Waals surface area contributed by atoms with Gasteiger partial charge in [-0.05, 0) is 43.3 Å². The Morgan fingerprint density at radius 3 is 2.33 bits per heavy atom. The van der Waals surface area contributed by atoms with Gasteiger partial charge in [0.2, 0.25) is 5.91 Å². The number of benzene rings is 2. The highest BCUT2D eigenvalue weighted by atomic mass is 16.5. The number of ketones is 1. The highest BCUT2D eigenvalue weighted by molar-refractivity contribution is 5.99. The Hall–Kier alpha value is -2.95. The molecule has 0 N–H and O–H groups in total. The van der Waals surface area contributed by atoms with E-state index >= 15 is 0 Å². The Labute approximate surface area is 139 Å². The zero-order valence-corrected chi connectivity index (χ0v) is 13.3. The second-order valence-electron chi connectivity index (χ2n) is 5.74. The first-order valence-electron chi connectivity index (χ1n) is 7.72. The number of carbonyl (C=O) groups is 3. The molecule has 1 saturated heterocycles. The Balaban J connectivity index is 1.66. The Morgan fingerprint density at radius 2 is 1.71 bits per heavy atom. The molecule has 24 heavy (non-hydrogen) atoms. The molecule has 2 aromatic rings. The van der Waals surface area contributed by atoms with Gasteiger partial charge in [0.05, 0.1) is 5.92 Å². The number of para-hydroxylation sites is 1. The average Bonchev–Trinajstić information content (AvgIpc) is 2.98. The molecule has 2 aromatic carbocycles. The second kappa shape index (κ2) is 6.66. The first kappa shape index (κ1) is 15.9. The summed E-state index contributed by atoms with van der Waals surface area (Å²) in [5.41, 5.74) is 1.34. The summed E-state index contributed by atoms with van der Waals surface area (Å²) in [5.74, 6) is -0.694. The van der Waals surface area contributed by atoms with E-state index in [2.05, 4.69) is 0 Å². The molecule has 1 fully saturated rings. The third kappa shape index (κ3) is 3.35. The molecule has 0 unspecified atom stereocenters. The number of nitrogens with zero attached hydrogens (tertiary/aromatic N) is 1. The molecule has 1 aliphatic heterocycles. The number of hydrogen-bond acceptors (Lipinski definition) is 4.